The van der Waals surface area contributed by atoms with Gasteiger partial charge in [0.05, 0.1) is 11.2 Å². The van der Waals surface area contributed by atoms with E-state index in [1.54, 1.807) is 11.0 Å². The lowest BCUT2D eigenvalue weighted by Gasteiger charge is -2.33. The molecule has 160 valence electrons. The van der Waals surface area contributed by atoms with Crippen LogP contribution < -0.4 is 5.46 Å². The van der Waals surface area contributed by atoms with Gasteiger partial charge in [0.1, 0.15) is 5.60 Å². The molecule has 0 aliphatic carbocycles. The number of pyridine rings is 1. The van der Waals surface area contributed by atoms with Gasteiger partial charge in [0.15, 0.2) is 0 Å². The number of likely N-dealkylation sites (tertiary alicyclic amines) is 1. The largest absolute Gasteiger partial charge is 0.499 e. The van der Waals surface area contributed by atoms with Crippen LogP contribution in [0.2, 0.25) is 0 Å². The van der Waals surface area contributed by atoms with Crippen molar-refractivity contribution in [2.75, 3.05) is 13.1 Å². The van der Waals surface area contributed by atoms with E-state index in [2.05, 4.69) is 4.98 Å². The molecule has 3 rings (SSSR count). The number of piperidine rings is 1. The van der Waals surface area contributed by atoms with Crippen molar-refractivity contribution in [3.63, 3.8) is 0 Å². The molecule has 2 aliphatic heterocycles. The number of amides is 1. The predicted molar refractivity (Wildman–Crippen MR) is 110 cm³/mol. The summed E-state index contributed by atoms with van der Waals surface area (Å²) in [6, 6.07) is 3.55. The number of carbonyl (C=O) groups is 1. The van der Waals surface area contributed by atoms with Crippen LogP contribution in [0, 0.1) is 5.95 Å². The lowest BCUT2D eigenvalue weighted by atomic mass is 9.79. The summed E-state index contributed by atoms with van der Waals surface area (Å²) >= 11 is 0. The van der Waals surface area contributed by atoms with Crippen molar-refractivity contribution in [2.24, 2.45) is 0 Å². The second kappa shape index (κ2) is 7.54. The fraction of sp³-hybridized carbons (Fsp3) is 0.714. The molecule has 1 aromatic heterocycles. The van der Waals surface area contributed by atoms with Crippen LogP contribution in [-0.4, -0.2) is 53.0 Å². The Kier molecular flexibility index (Phi) is 5.73. The SMILES string of the molecule is CC(C)(C)OC(=O)N1CCC(c2ccc(B3OC(C)(C)C(C)(C)O3)c(F)n2)CC1. The third kappa shape index (κ3) is 4.74. The van der Waals surface area contributed by atoms with Gasteiger partial charge < -0.3 is 18.9 Å². The monoisotopic (exact) mass is 406 g/mol. The molecule has 0 unspecified atom stereocenters. The van der Waals surface area contributed by atoms with E-state index < -0.39 is 29.9 Å². The number of ether oxygens (including phenoxy) is 1. The Bertz CT molecular complexity index is 754. The second-order valence-corrected chi connectivity index (χ2v) is 9.95. The van der Waals surface area contributed by atoms with Crippen LogP contribution in [0.1, 0.15) is 72.9 Å². The van der Waals surface area contributed by atoms with Crippen molar-refractivity contribution in [1.82, 2.24) is 9.88 Å². The van der Waals surface area contributed by atoms with Crippen LogP contribution in [0.5, 0.6) is 0 Å². The first-order valence-electron chi connectivity index (χ1n) is 10.3. The number of hydrogen-bond acceptors (Lipinski definition) is 5. The van der Waals surface area contributed by atoms with Crippen molar-refractivity contribution in [1.29, 1.82) is 0 Å². The van der Waals surface area contributed by atoms with Gasteiger partial charge in [0.2, 0.25) is 5.95 Å². The Hall–Kier alpha value is -1.67. The van der Waals surface area contributed by atoms with E-state index in [0.717, 1.165) is 12.8 Å². The molecule has 2 saturated heterocycles. The third-order valence-corrected chi connectivity index (χ3v) is 5.97. The molecule has 2 fully saturated rings. The van der Waals surface area contributed by atoms with Crippen molar-refractivity contribution < 1.29 is 23.2 Å². The number of nitrogens with zero attached hydrogens (tertiary/aromatic N) is 2. The molecule has 3 heterocycles. The van der Waals surface area contributed by atoms with Crippen LogP contribution >= 0.6 is 0 Å². The Labute approximate surface area is 173 Å². The van der Waals surface area contributed by atoms with Crippen LogP contribution in [-0.2, 0) is 14.0 Å². The van der Waals surface area contributed by atoms with Gasteiger partial charge in [-0.25, -0.2) is 9.78 Å². The first-order valence-corrected chi connectivity index (χ1v) is 10.3. The molecule has 0 atom stereocenters. The molecule has 8 heteroatoms. The lowest BCUT2D eigenvalue weighted by molar-refractivity contribution is 0.00578. The molecule has 0 N–H and O–H groups in total. The molecule has 0 spiro atoms. The van der Waals surface area contributed by atoms with Crippen molar-refractivity contribution in [3.8, 4) is 0 Å². The standard InChI is InChI=1S/C21H32BFN2O4/c1-19(2,3)27-18(26)25-12-10-14(11-13-25)16-9-8-15(17(23)24-16)22-28-20(4,5)21(6,7)29-22/h8-9,14H,10-13H2,1-7H3. The summed E-state index contributed by atoms with van der Waals surface area (Å²) in [4.78, 5) is 18.1. The normalized spacial score (nSPS) is 22.1. The molecular formula is C21H32BFN2O4. The molecule has 1 aromatic rings. The molecule has 0 saturated carbocycles. The van der Waals surface area contributed by atoms with Crippen LogP contribution in [0.25, 0.3) is 0 Å². The van der Waals surface area contributed by atoms with Gasteiger partial charge in [0, 0.05) is 30.2 Å². The van der Waals surface area contributed by atoms with Crippen LogP contribution in [0.15, 0.2) is 12.1 Å². The Morgan fingerprint density at radius 2 is 1.72 bits per heavy atom. The van der Waals surface area contributed by atoms with E-state index in [9.17, 15) is 9.18 Å². The first-order chi connectivity index (χ1) is 13.3. The fourth-order valence-electron chi connectivity index (χ4n) is 3.52. The second-order valence-electron chi connectivity index (χ2n) is 9.95. The zero-order chi connectivity index (χ0) is 21.6. The molecule has 2 aliphatic rings. The topological polar surface area (TPSA) is 60.9 Å². The van der Waals surface area contributed by atoms with Gasteiger partial charge in [-0.05, 0) is 67.4 Å². The number of aromatic nitrogens is 1. The van der Waals surface area contributed by atoms with E-state index >= 15 is 0 Å². The minimum atomic E-state index is -0.768. The summed E-state index contributed by atoms with van der Waals surface area (Å²) in [7, 11) is -0.768. The molecule has 0 bridgehead atoms. The summed E-state index contributed by atoms with van der Waals surface area (Å²) < 4.78 is 32.1. The highest BCUT2D eigenvalue weighted by Gasteiger charge is 2.52. The van der Waals surface area contributed by atoms with E-state index in [1.165, 1.54) is 0 Å². The quantitative estimate of drug-likeness (QED) is 0.555. The van der Waals surface area contributed by atoms with Crippen molar-refractivity contribution in [2.45, 2.75) is 84.0 Å². The smallest absolute Gasteiger partial charge is 0.444 e. The summed E-state index contributed by atoms with van der Waals surface area (Å²) in [5.41, 5.74) is -0.554. The highest BCUT2D eigenvalue weighted by molar-refractivity contribution is 6.62. The summed E-state index contributed by atoms with van der Waals surface area (Å²) in [5, 5.41) is 0. The number of rotatable bonds is 2. The average Bonchev–Trinajstić information content (AvgIpc) is 2.81. The van der Waals surface area contributed by atoms with E-state index in [-0.39, 0.29) is 12.0 Å². The minimum Gasteiger partial charge on any atom is -0.444 e. The summed E-state index contributed by atoms with van der Waals surface area (Å²) in [6.45, 7) is 14.4. The number of hydrogen-bond donors (Lipinski definition) is 0. The highest BCUT2D eigenvalue weighted by Crippen LogP contribution is 2.36. The average molecular weight is 406 g/mol. The maximum atomic E-state index is 14.8. The maximum Gasteiger partial charge on any atom is 0.499 e. The predicted octanol–water partition coefficient (Wildman–Crippen LogP) is 3.63. The molecule has 0 aromatic carbocycles. The van der Waals surface area contributed by atoms with E-state index in [4.69, 9.17) is 14.0 Å². The Morgan fingerprint density at radius 3 is 2.21 bits per heavy atom. The molecule has 1 amide bonds. The number of halogens is 1. The zero-order valence-electron chi connectivity index (χ0n) is 18.5. The van der Waals surface area contributed by atoms with Crippen LogP contribution in [0.3, 0.4) is 0 Å². The van der Waals surface area contributed by atoms with Gasteiger partial charge in [-0.1, -0.05) is 6.07 Å². The number of carbonyl (C=O) groups excluding carboxylic acids is 1. The first kappa shape index (κ1) is 22.0. The van der Waals surface area contributed by atoms with Crippen molar-refractivity contribution >= 4 is 18.7 Å². The molecule has 29 heavy (non-hydrogen) atoms. The molecular weight excluding hydrogens is 374 g/mol. The lowest BCUT2D eigenvalue weighted by Crippen LogP contribution is -2.41. The van der Waals surface area contributed by atoms with Gasteiger partial charge >= 0.3 is 13.2 Å². The van der Waals surface area contributed by atoms with Crippen molar-refractivity contribution in [3.05, 3.63) is 23.8 Å². The van der Waals surface area contributed by atoms with Gasteiger partial charge in [-0.2, -0.15) is 4.39 Å². The molecule has 6 nitrogen and oxygen atoms in total. The minimum absolute atomic E-state index is 0.107. The van der Waals surface area contributed by atoms with E-state index in [1.807, 2.05) is 54.5 Å². The van der Waals surface area contributed by atoms with Gasteiger partial charge in [-0.15, -0.1) is 0 Å². The van der Waals surface area contributed by atoms with E-state index in [0.29, 0.717) is 24.2 Å². The summed E-state index contributed by atoms with van der Waals surface area (Å²) in [5.74, 6) is -0.453. The maximum absolute atomic E-state index is 14.8. The summed E-state index contributed by atoms with van der Waals surface area (Å²) in [6.07, 6.45) is 1.15. The Balaban J connectivity index is 1.64. The zero-order valence-corrected chi connectivity index (χ0v) is 18.5. The van der Waals surface area contributed by atoms with Crippen LogP contribution in [0.4, 0.5) is 9.18 Å². The third-order valence-electron chi connectivity index (χ3n) is 5.97. The fourth-order valence-corrected chi connectivity index (χ4v) is 3.52. The Morgan fingerprint density at radius 1 is 1.17 bits per heavy atom. The van der Waals surface area contributed by atoms with Gasteiger partial charge in [-0.3, -0.25) is 0 Å². The molecule has 0 radical (unpaired) electrons. The highest BCUT2D eigenvalue weighted by atomic mass is 19.1. The van der Waals surface area contributed by atoms with Gasteiger partial charge in [0.25, 0.3) is 0 Å².